The van der Waals surface area contributed by atoms with Crippen molar-refractivity contribution in [2.24, 2.45) is 0 Å². The van der Waals surface area contributed by atoms with E-state index in [1.807, 2.05) is 24.1 Å². The minimum Gasteiger partial charge on any atom is -0.406 e. The summed E-state index contributed by atoms with van der Waals surface area (Å²) in [5.41, 5.74) is 2.46. The third-order valence-electron chi connectivity index (χ3n) is 4.81. The summed E-state index contributed by atoms with van der Waals surface area (Å²) in [4.78, 5) is 22.9. The first-order valence-electron chi connectivity index (χ1n) is 10.6. The van der Waals surface area contributed by atoms with Gasteiger partial charge in [-0.1, -0.05) is 12.1 Å². The SMILES string of the molecule is CN(c1ccc(NC(=O)Nc2ccc(OC(F)(F)F)cc2)cc1)c1ccnc(Nc2c[c]ccc2)n1. The second-order valence-electron chi connectivity index (χ2n) is 7.41. The molecule has 0 aliphatic carbocycles. The topological polar surface area (TPSA) is 91.4 Å². The van der Waals surface area contributed by atoms with E-state index in [2.05, 4.69) is 36.7 Å². The summed E-state index contributed by atoms with van der Waals surface area (Å²) in [5.74, 6) is 0.717. The van der Waals surface area contributed by atoms with E-state index in [1.165, 1.54) is 12.1 Å². The number of ether oxygens (including phenoxy) is 1. The molecular formula is C25H20F3N6O2. The van der Waals surface area contributed by atoms with Crippen LogP contribution >= 0.6 is 0 Å². The van der Waals surface area contributed by atoms with Crippen LogP contribution in [0.4, 0.5) is 52.5 Å². The summed E-state index contributed by atoms with van der Waals surface area (Å²) in [6, 6.07) is 23.4. The van der Waals surface area contributed by atoms with Crippen molar-refractivity contribution in [2.75, 3.05) is 27.9 Å². The van der Waals surface area contributed by atoms with Crippen LogP contribution in [0.3, 0.4) is 0 Å². The van der Waals surface area contributed by atoms with Gasteiger partial charge in [-0.25, -0.2) is 9.78 Å². The van der Waals surface area contributed by atoms with Crippen molar-refractivity contribution in [3.63, 3.8) is 0 Å². The van der Waals surface area contributed by atoms with Gasteiger partial charge in [0, 0.05) is 36.0 Å². The highest BCUT2D eigenvalue weighted by atomic mass is 19.4. The number of anilines is 6. The maximum Gasteiger partial charge on any atom is 0.573 e. The summed E-state index contributed by atoms with van der Waals surface area (Å²) in [6.45, 7) is 0. The molecule has 3 aromatic carbocycles. The van der Waals surface area contributed by atoms with Crippen LogP contribution in [-0.4, -0.2) is 29.4 Å². The Morgan fingerprint density at radius 3 is 2.22 bits per heavy atom. The number of hydrogen-bond donors (Lipinski definition) is 3. The van der Waals surface area contributed by atoms with E-state index < -0.39 is 12.4 Å². The molecule has 0 saturated heterocycles. The molecule has 0 aliphatic heterocycles. The third kappa shape index (κ3) is 6.86. The average Bonchev–Trinajstić information content (AvgIpc) is 2.85. The smallest absolute Gasteiger partial charge is 0.406 e. The molecule has 3 N–H and O–H groups in total. The molecule has 2 amide bonds. The molecule has 1 heterocycles. The number of benzene rings is 3. The standard InChI is InChI=1S/C25H20F3N6O2/c1-34(22-15-16-29-23(33-22)30-17-5-3-2-4-6-17)20-11-7-18(8-12-20)31-24(35)32-19-9-13-21(14-10-19)36-25(26,27)28/h2-3,5-16H,1H3,(H,29,30,33)(H2,31,32,35). The van der Waals surface area contributed by atoms with Gasteiger partial charge in [-0.15, -0.1) is 13.2 Å². The van der Waals surface area contributed by atoms with E-state index in [0.717, 1.165) is 23.5 Å². The van der Waals surface area contributed by atoms with E-state index in [4.69, 9.17) is 0 Å². The van der Waals surface area contributed by atoms with Gasteiger partial charge < -0.3 is 25.6 Å². The Kier molecular flexibility index (Phi) is 7.19. The molecule has 4 aromatic rings. The normalized spacial score (nSPS) is 10.9. The molecule has 8 nitrogen and oxygen atoms in total. The van der Waals surface area contributed by atoms with Crippen molar-refractivity contribution in [3.05, 3.63) is 91.1 Å². The van der Waals surface area contributed by atoms with Crippen LogP contribution in [-0.2, 0) is 0 Å². The van der Waals surface area contributed by atoms with Gasteiger partial charge in [0.25, 0.3) is 0 Å². The Hall–Kier alpha value is -4.80. The molecule has 0 spiro atoms. The Bertz CT molecular complexity index is 1300. The second-order valence-corrected chi connectivity index (χ2v) is 7.41. The number of alkyl halides is 3. The van der Waals surface area contributed by atoms with Crippen molar-refractivity contribution in [1.82, 2.24) is 9.97 Å². The summed E-state index contributed by atoms with van der Waals surface area (Å²) in [7, 11) is 1.85. The highest BCUT2D eigenvalue weighted by Crippen LogP contribution is 2.26. The first-order valence-corrected chi connectivity index (χ1v) is 10.6. The van der Waals surface area contributed by atoms with Crippen LogP contribution < -0.4 is 25.6 Å². The summed E-state index contributed by atoms with van der Waals surface area (Å²) < 4.78 is 40.6. The average molecular weight is 493 g/mol. The predicted octanol–water partition coefficient (Wildman–Crippen LogP) is 6.33. The Balaban J connectivity index is 1.34. The molecule has 0 saturated carbocycles. The predicted molar refractivity (Wildman–Crippen MR) is 131 cm³/mol. The van der Waals surface area contributed by atoms with Crippen LogP contribution in [0.5, 0.6) is 5.75 Å². The van der Waals surface area contributed by atoms with Crippen LogP contribution in [0.2, 0.25) is 0 Å². The molecular weight excluding hydrogens is 473 g/mol. The number of rotatable bonds is 7. The highest BCUT2D eigenvalue weighted by Gasteiger charge is 2.30. The number of hydrogen-bond acceptors (Lipinski definition) is 6. The Morgan fingerprint density at radius 1 is 0.944 bits per heavy atom. The molecule has 1 aromatic heterocycles. The minimum absolute atomic E-state index is 0.306. The van der Waals surface area contributed by atoms with Gasteiger partial charge in [0.1, 0.15) is 11.6 Å². The van der Waals surface area contributed by atoms with Gasteiger partial charge in [-0.2, -0.15) is 4.98 Å². The van der Waals surface area contributed by atoms with E-state index >= 15 is 0 Å². The number of nitrogens with one attached hydrogen (secondary N) is 3. The molecule has 183 valence electrons. The van der Waals surface area contributed by atoms with E-state index in [0.29, 0.717) is 23.1 Å². The quantitative estimate of drug-likeness (QED) is 0.279. The molecule has 0 bridgehead atoms. The zero-order valence-electron chi connectivity index (χ0n) is 18.9. The number of amides is 2. The fraction of sp³-hybridized carbons (Fsp3) is 0.0800. The van der Waals surface area contributed by atoms with E-state index in [9.17, 15) is 18.0 Å². The van der Waals surface area contributed by atoms with Crippen molar-refractivity contribution < 1.29 is 22.7 Å². The minimum atomic E-state index is -4.78. The maximum atomic E-state index is 12.3. The van der Waals surface area contributed by atoms with Gasteiger partial charge in [0.15, 0.2) is 0 Å². The van der Waals surface area contributed by atoms with E-state index in [-0.39, 0.29) is 5.75 Å². The fourth-order valence-electron chi connectivity index (χ4n) is 3.13. The van der Waals surface area contributed by atoms with Crippen molar-refractivity contribution >= 4 is 40.5 Å². The molecule has 0 aliphatic rings. The largest absolute Gasteiger partial charge is 0.573 e. The van der Waals surface area contributed by atoms with Crippen LogP contribution in [0, 0.1) is 6.07 Å². The molecule has 1 radical (unpaired) electrons. The zero-order valence-corrected chi connectivity index (χ0v) is 18.9. The maximum absolute atomic E-state index is 12.3. The van der Waals surface area contributed by atoms with Gasteiger partial charge in [0.05, 0.1) is 0 Å². The second kappa shape index (κ2) is 10.6. The first-order chi connectivity index (χ1) is 17.2. The van der Waals surface area contributed by atoms with Crippen molar-refractivity contribution in [3.8, 4) is 5.75 Å². The van der Waals surface area contributed by atoms with Gasteiger partial charge >= 0.3 is 12.4 Å². The Morgan fingerprint density at radius 2 is 1.61 bits per heavy atom. The number of carbonyl (C=O) groups excluding carboxylic acids is 1. The number of aromatic nitrogens is 2. The van der Waals surface area contributed by atoms with Crippen LogP contribution in [0.15, 0.2) is 85.1 Å². The molecule has 11 heteroatoms. The molecule has 0 unspecified atom stereocenters. The fourth-order valence-corrected chi connectivity index (χ4v) is 3.13. The molecule has 0 atom stereocenters. The lowest BCUT2D eigenvalue weighted by atomic mass is 10.2. The molecule has 4 rings (SSSR count). The third-order valence-corrected chi connectivity index (χ3v) is 4.81. The summed E-state index contributed by atoms with van der Waals surface area (Å²) >= 11 is 0. The summed E-state index contributed by atoms with van der Waals surface area (Å²) in [5, 5.41) is 8.34. The molecule has 0 fully saturated rings. The lowest BCUT2D eigenvalue weighted by Gasteiger charge is -2.19. The molecule has 36 heavy (non-hydrogen) atoms. The number of urea groups is 1. The first kappa shape index (κ1) is 24.3. The Labute approximate surface area is 204 Å². The monoisotopic (exact) mass is 493 g/mol. The number of carbonyl (C=O) groups is 1. The number of nitrogens with zero attached hydrogens (tertiary/aromatic N) is 3. The van der Waals surface area contributed by atoms with Gasteiger partial charge in [0.2, 0.25) is 5.95 Å². The van der Waals surface area contributed by atoms with Crippen LogP contribution in [0.1, 0.15) is 0 Å². The highest BCUT2D eigenvalue weighted by molar-refractivity contribution is 5.99. The zero-order chi connectivity index (χ0) is 25.5. The summed E-state index contributed by atoms with van der Waals surface area (Å²) in [6.07, 6.45) is -3.13. The van der Waals surface area contributed by atoms with Gasteiger partial charge in [-0.3, -0.25) is 0 Å². The lowest BCUT2D eigenvalue weighted by molar-refractivity contribution is -0.274. The van der Waals surface area contributed by atoms with Gasteiger partial charge in [-0.05, 0) is 72.8 Å². The van der Waals surface area contributed by atoms with Crippen molar-refractivity contribution in [2.45, 2.75) is 6.36 Å². The van der Waals surface area contributed by atoms with E-state index in [1.54, 1.807) is 48.7 Å². The number of halogens is 3. The lowest BCUT2D eigenvalue weighted by Crippen LogP contribution is -2.20. The van der Waals surface area contributed by atoms with Crippen LogP contribution in [0.25, 0.3) is 0 Å². The van der Waals surface area contributed by atoms with Crippen molar-refractivity contribution in [1.29, 1.82) is 0 Å².